The van der Waals surface area contributed by atoms with Gasteiger partial charge in [0.2, 0.25) is 0 Å². The number of nitrogens with zero attached hydrogens (tertiary/aromatic N) is 3. The van der Waals surface area contributed by atoms with Crippen molar-refractivity contribution in [3.05, 3.63) is 89.5 Å². The van der Waals surface area contributed by atoms with Crippen LogP contribution >= 0.6 is 0 Å². The summed E-state index contributed by atoms with van der Waals surface area (Å²) in [5.74, 6) is -1.07. The molecule has 0 aliphatic carbocycles. The van der Waals surface area contributed by atoms with Crippen molar-refractivity contribution in [1.82, 2.24) is 15.2 Å². The molecule has 1 saturated heterocycles. The number of methoxy groups -OCH3 is 1. The van der Waals surface area contributed by atoms with Crippen LogP contribution in [0.2, 0.25) is 0 Å². The smallest absolute Gasteiger partial charge is 0.407 e. The lowest BCUT2D eigenvalue weighted by atomic mass is 10.1. The monoisotopic (exact) mass is 521 g/mol. The van der Waals surface area contributed by atoms with Crippen LogP contribution in [-0.4, -0.2) is 68.3 Å². The first-order valence-electron chi connectivity index (χ1n) is 12.5. The van der Waals surface area contributed by atoms with Crippen molar-refractivity contribution in [1.29, 1.82) is 0 Å². The standard InChI is InChI=1S/C28H32FN5O4/c1-37-17-16-33-12-14-34(15-13-33)25-6-2-5-24(29)26(25)27(35)32-23-9-7-21(8-10-23)19-31-28(36)38-20-22-4-3-11-30-18-22/h2-11,18H,12-17,19-20H2,1H3,(H,31,36)(H,32,35). The molecule has 0 atom stereocenters. The first-order chi connectivity index (χ1) is 18.5. The molecule has 0 spiro atoms. The van der Waals surface area contributed by atoms with E-state index in [0.717, 1.165) is 30.8 Å². The maximum absolute atomic E-state index is 14.8. The number of aromatic nitrogens is 1. The van der Waals surface area contributed by atoms with Crippen molar-refractivity contribution in [2.45, 2.75) is 13.2 Å². The molecule has 2 aromatic carbocycles. The Morgan fingerprint density at radius 3 is 2.50 bits per heavy atom. The zero-order valence-electron chi connectivity index (χ0n) is 21.4. The average Bonchev–Trinajstić information content (AvgIpc) is 2.95. The number of pyridine rings is 1. The molecule has 0 unspecified atom stereocenters. The zero-order valence-corrected chi connectivity index (χ0v) is 21.4. The minimum absolute atomic E-state index is 0.0277. The SMILES string of the molecule is COCCN1CCN(c2cccc(F)c2C(=O)Nc2ccc(CNC(=O)OCc3cccnc3)cc2)CC1. The van der Waals surface area contributed by atoms with Crippen LogP contribution in [0.25, 0.3) is 0 Å². The zero-order chi connectivity index (χ0) is 26.7. The van der Waals surface area contributed by atoms with Crippen LogP contribution in [-0.2, 0) is 22.6 Å². The molecule has 3 aromatic rings. The van der Waals surface area contributed by atoms with Gasteiger partial charge in [-0.2, -0.15) is 0 Å². The van der Waals surface area contributed by atoms with Gasteiger partial charge >= 0.3 is 6.09 Å². The van der Waals surface area contributed by atoms with Gasteiger partial charge in [-0.15, -0.1) is 0 Å². The predicted octanol–water partition coefficient (Wildman–Crippen LogP) is 3.67. The fourth-order valence-corrected chi connectivity index (χ4v) is 4.19. The molecule has 1 aromatic heterocycles. The number of hydrogen-bond donors (Lipinski definition) is 2. The number of carbonyl (C=O) groups excluding carboxylic acids is 2. The number of nitrogens with one attached hydrogen (secondary N) is 2. The molecule has 38 heavy (non-hydrogen) atoms. The normalized spacial score (nSPS) is 13.7. The molecule has 1 fully saturated rings. The number of amides is 2. The van der Waals surface area contributed by atoms with E-state index in [1.54, 1.807) is 62.0 Å². The van der Waals surface area contributed by atoms with Gasteiger partial charge in [-0.25, -0.2) is 9.18 Å². The van der Waals surface area contributed by atoms with Crippen molar-refractivity contribution in [2.75, 3.05) is 56.7 Å². The summed E-state index contributed by atoms with van der Waals surface area (Å²) in [6.45, 7) is 4.91. The van der Waals surface area contributed by atoms with Crippen LogP contribution in [0.1, 0.15) is 21.5 Å². The third-order valence-corrected chi connectivity index (χ3v) is 6.28. The maximum atomic E-state index is 14.8. The molecule has 2 amide bonds. The van der Waals surface area contributed by atoms with E-state index in [1.807, 2.05) is 11.0 Å². The molecule has 4 rings (SSSR count). The molecule has 1 aliphatic rings. The van der Waals surface area contributed by atoms with E-state index in [-0.39, 0.29) is 18.7 Å². The number of benzene rings is 2. The van der Waals surface area contributed by atoms with Gasteiger partial charge in [0, 0.05) is 70.0 Å². The second-order valence-corrected chi connectivity index (χ2v) is 8.90. The molecular formula is C28H32FN5O4. The topological polar surface area (TPSA) is 96.0 Å². The van der Waals surface area contributed by atoms with Crippen LogP contribution < -0.4 is 15.5 Å². The van der Waals surface area contributed by atoms with Crippen LogP contribution in [0.3, 0.4) is 0 Å². The van der Waals surface area contributed by atoms with E-state index in [0.29, 0.717) is 31.1 Å². The summed E-state index contributed by atoms with van der Waals surface area (Å²) < 4.78 is 25.2. The van der Waals surface area contributed by atoms with Crippen molar-refractivity contribution in [3.8, 4) is 0 Å². The number of hydrogen-bond acceptors (Lipinski definition) is 7. The van der Waals surface area contributed by atoms with Crippen molar-refractivity contribution in [3.63, 3.8) is 0 Å². The van der Waals surface area contributed by atoms with Gasteiger partial charge in [0.15, 0.2) is 0 Å². The number of rotatable bonds is 10. The summed E-state index contributed by atoms with van der Waals surface area (Å²) in [5, 5.41) is 5.48. The molecule has 0 radical (unpaired) electrons. The molecule has 10 heteroatoms. The highest BCUT2D eigenvalue weighted by Crippen LogP contribution is 2.26. The summed E-state index contributed by atoms with van der Waals surface area (Å²) in [4.78, 5) is 33.4. The van der Waals surface area contributed by atoms with E-state index in [4.69, 9.17) is 9.47 Å². The fourth-order valence-electron chi connectivity index (χ4n) is 4.19. The highest BCUT2D eigenvalue weighted by molar-refractivity contribution is 6.08. The quantitative estimate of drug-likeness (QED) is 0.420. The summed E-state index contributed by atoms with van der Waals surface area (Å²) in [7, 11) is 1.68. The average molecular weight is 522 g/mol. The molecule has 9 nitrogen and oxygen atoms in total. The van der Waals surface area contributed by atoms with Crippen LogP contribution in [0.15, 0.2) is 67.0 Å². The number of alkyl carbamates (subject to hydrolysis) is 1. The number of ether oxygens (including phenoxy) is 2. The lowest BCUT2D eigenvalue weighted by Crippen LogP contribution is -2.47. The Kier molecular flexibility index (Phi) is 9.60. The summed E-state index contributed by atoms with van der Waals surface area (Å²) in [5.41, 5.74) is 2.75. The van der Waals surface area contributed by atoms with Gasteiger partial charge in [-0.05, 0) is 35.9 Å². The Morgan fingerprint density at radius 2 is 1.79 bits per heavy atom. The van der Waals surface area contributed by atoms with Gasteiger partial charge in [0.1, 0.15) is 12.4 Å². The first kappa shape index (κ1) is 27.0. The molecular weight excluding hydrogens is 489 g/mol. The minimum atomic E-state index is -0.563. The van der Waals surface area contributed by atoms with Crippen molar-refractivity contribution in [2.24, 2.45) is 0 Å². The van der Waals surface area contributed by atoms with Gasteiger partial charge in [0.05, 0.1) is 17.9 Å². The summed E-state index contributed by atoms with van der Waals surface area (Å²) in [6, 6.07) is 15.3. The Balaban J connectivity index is 1.31. The summed E-state index contributed by atoms with van der Waals surface area (Å²) in [6.07, 6.45) is 2.74. The Bertz CT molecular complexity index is 1200. The maximum Gasteiger partial charge on any atom is 0.407 e. The van der Waals surface area contributed by atoms with Crippen LogP contribution in [0, 0.1) is 5.82 Å². The van der Waals surface area contributed by atoms with Crippen molar-refractivity contribution < 1.29 is 23.5 Å². The minimum Gasteiger partial charge on any atom is -0.445 e. The third kappa shape index (κ3) is 7.50. The highest BCUT2D eigenvalue weighted by atomic mass is 19.1. The number of anilines is 2. The second-order valence-electron chi connectivity index (χ2n) is 8.90. The van der Waals surface area contributed by atoms with E-state index in [9.17, 15) is 14.0 Å². The van der Waals surface area contributed by atoms with Gasteiger partial charge < -0.3 is 25.0 Å². The van der Waals surface area contributed by atoms with Crippen LogP contribution in [0.4, 0.5) is 20.6 Å². The molecule has 2 N–H and O–H groups in total. The first-order valence-corrected chi connectivity index (χ1v) is 12.5. The number of carbonyl (C=O) groups is 2. The van der Waals surface area contributed by atoms with E-state index >= 15 is 0 Å². The lowest BCUT2D eigenvalue weighted by molar-refractivity contribution is 0.102. The van der Waals surface area contributed by atoms with Crippen LogP contribution in [0.5, 0.6) is 0 Å². The Morgan fingerprint density at radius 1 is 1.00 bits per heavy atom. The van der Waals surface area contributed by atoms with Gasteiger partial charge in [-0.3, -0.25) is 14.7 Å². The molecule has 200 valence electrons. The number of halogens is 1. The molecule has 1 aliphatic heterocycles. The molecule has 0 saturated carbocycles. The van der Waals surface area contributed by atoms with Gasteiger partial charge in [0.25, 0.3) is 5.91 Å². The van der Waals surface area contributed by atoms with Crippen molar-refractivity contribution >= 4 is 23.4 Å². The third-order valence-electron chi connectivity index (χ3n) is 6.28. The summed E-state index contributed by atoms with van der Waals surface area (Å²) >= 11 is 0. The largest absolute Gasteiger partial charge is 0.445 e. The van der Waals surface area contributed by atoms with E-state index < -0.39 is 17.8 Å². The molecule has 2 heterocycles. The number of piperazine rings is 1. The molecule has 0 bridgehead atoms. The Labute approximate surface area is 221 Å². The highest BCUT2D eigenvalue weighted by Gasteiger charge is 2.24. The van der Waals surface area contributed by atoms with E-state index in [2.05, 4.69) is 20.5 Å². The second kappa shape index (κ2) is 13.5. The van der Waals surface area contributed by atoms with E-state index in [1.165, 1.54) is 6.07 Å². The predicted molar refractivity (Wildman–Crippen MR) is 143 cm³/mol. The lowest BCUT2D eigenvalue weighted by Gasteiger charge is -2.36. The fraction of sp³-hybridized carbons (Fsp3) is 0.321. The van der Waals surface area contributed by atoms with Gasteiger partial charge in [-0.1, -0.05) is 24.3 Å². The Hall–Kier alpha value is -4.02.